The van der Waals surface area contributed by atoms with Gasteiger partial charge in [0.2, 0.25) is 19.9 Å². The Hall–Kier alpha value is -5.03. The lowest BCUT2D eigenvalue weighted by Crippen LogP contribution is -2.49. The SMILES string of the molecule is CS(=O)(=O)N1CCc2cc(S(=O)(=O)c3ccc4c(c3)OCCO4)ccc21.O=C(c1ccc(CS(=O)(=O)c2cccc3cccnc23)cc1)N1CCN(CC2CC2)CC1. The Balaban J connectivity index is 0.000000165. The van der Waals surface area contributed by atoms with Gasteiger partial charge in [-0.3, -0.25) is 19.0 Å². The van der Waals surface area contributed by atoms with Crippen molar-refractivity contribution in [1.82, 2.24) is 14.8 Å². The summed E-state index contributed by atoms with van der Waals surface area (Å²) in [6, 6.07) is 24.9. The molecular formula is C42H44N4O9S3. The molecule has 9 rings (SSSR count). The average molecular weight is 845 g/mol. The first-order valence-corrected chi connectivity index (χ1v) is 24.2. The summed E-state index contributed by atoms with van der Waals surface area (Å²) >= 11 is 0. The number of para-hydroxylation sites is 1. The van der Waals surface area contributed by atoms with E-state index in [0.717, 1.165) is 50.3 Å². The van der Waals surface area contributed by atoms with Gasteiger partial charge in [0.15, 0.2) is 21.3 Å². The number of nitrogens with zero attached hydrogens (tertiary/aromatic N) is 4. The van der Waals surface area contributed by atoms with Crippen molar-refractivity contribution < 1.29 is 39.5 Å². The molecule has 1 aromatic heterocycles. The van der Waals surface area contributed by atoms with Crippen molar-refractivity contribution in [2.75, 3.05) is 63.0 Å². The molecule has 4 heterocycles. The highest BCUT2D eigenvalue weighted by Crippen LogP contribution is 2.37. The Kier molecular flexibility index (Phi) is 10.9. The lowest BCUT2D eigenvalue weighted by Gasteiger charge is -2.34. The van der Waals surface area contributed by atoms with E-state index in [1.54, 1.807) is 66.9 Å². The smallest absolute Gasteiger partial charge is 0.253 e. The molecule has 1 saturated heterocycles. The Morgan fingerprint density at radius 1 is 0.759 bits per heavy atom. The van der Waals surface area contributed by atoms with Crippen molar-refractivity contribution in [3.8, 4) is 11.5 Å². The first-order chi connectivity index (χ1) is 27.8. The minimum Gasteiger partial charge on any atom is -0.486 e. The van der Waals surface area contributed by atoms with Gasteiger partial charge in [-0.1, -0.05) is 30.3 Å². The van der Waals surface area contributed by atoms with Gasteiger partial charge in [0.25, 0.3) is 5.91 Å². The number of amides is 1. The van der Waals surface area contributed by atoms with E-state index >= 15 is 0 Å². The van der Waals surface area contributed by atoms with Crippen LogP contribution in [-0.4, -0.2) is 105 Å². The Morgan fingerprint density at radius 3 is 2.17 bits per heavy atom. The van der Waals surface area contributed by atoms with E-state index in [-0.39, 0.29) is 26.3 Å². The molecule has 4 aromatic carbocycles. The number of ether oxygens (including phenoxy) is 2. The molecule has 1 saturated carbocycles. The van der Waals surface area contributed by atoms with Crippen LogP contribution in [0.25, 0.3) is 10.9 Å². The van der Waals surface area contributed by atoms with Gasteiger partial charge in [-0.2, -0.15) is 0 Å². The molecule has 1 amide bonds. The number of carbonyl (C=O) groups is 1. The Bertz CT molecular complexity index is 2690. The minimum atomic E-state index is -3.75. The van der Waals surface area contributed by atoms with Gasteiger partial charge in [0, 0.05) is 62.5 Å². The molecule has 0 unspecified atom stereocenters. The first kappa shape index (κ1) is 39.8. The number of fused-ring (bicyclic) bond motifs is 3. The summed E-state index contributed by atoms with van der Waals surface area (Å²) in [7, 11) is -10.7. The normalized spacial score (nSPS) is 17.1. The van der Waals surface area contributed by atoms with Crippen LogP contribution >= 0.6 is 0 Å². The third kappa shape index (κ3) is 8.56. The predicted molar refractivity (Wildman–Crippen MR) is 219 cm³/mol. The average Bonchev–Trinajstić information content (AvgIpc) is 3.93. The molecule has 0 radical (unpaired) electrons. The van der Waals surface area contributed by atoms with Crippen LogP contribution < -0.4 is 13.8 Å². The van der Waals surface area contributed by atoms with Crippen LogP contribution in [-0.2, 0) is 41.9 Å². The second-order valence-corrected chi connectivity index (χ2v) is 20.8. The number of pyridine rings is 1. The summed E-state index contributed by atoms with van der Waals surface area (Å²) < 4.78 is 87.9. The number of hydrogen-bond donors (Lipinski definition) is 0. The molecule has 13 nitrogen and oxygen atoms in total. The monoisotopic (exact) mass is 844 g/mol. The van der Waals surface area contributed by atoms with Gasteiger partial charge < -0.3 is 14.4 Å². The van der Waals surface area contributed by atoms with Crippen molar-refractivity contribution in [3.05, 3.63) is 114 Å². The molecule has 304 valence electrons. The standard InChI is InChI=1S/C25H27N3O3S.C17H17NO6S2/c29-25(28-15-13-27(14-16-28)17-19-6-7-19)22-10-8-20(9-11-22)18-32(30,31)23-5-1-3-21-4-2-12-26-24(21)23;1-25(19,20)18-7-6-12-10-13(2-4-15(12)18)26(21,22)14-3-5-16-17(11-14)24-9-8-23-16/h1-5,8-12,19H,6-7,13-18H2;2-5,10-11H,6-9H2,1H3. The zero-order valence-corrected chi connectivity index (χ0v) is 34.4. The third-order valence-electron chi connectivity index (χ3n) is 10.8. The number of rotatable bonds is 9. The summed E-state index contributed by atoms with van der Waals surface area (Å²) in [6.45, 7) is 5.64. The van der Waals surface area contributed by atoms with Crippen LogP contribution in [0.4, 0.5) is 5.69 Å². The van der Waals surface area contributed by atoms with Gasteiger partial charge in [0.1, 0.15) is 13.2 Å². The maximum Gasteiger partial charge on any atom is 0.253 e. The number of piperazine rings is 1. The first-order valence-electron chi connectivity index (χ1n) is 19.2. The highest BCUT2D eigenvalue weighted by Gasteiger charge is 2.30. The van der Waals surface area contributed by atoms with E-state index in [1.165, 1.54) is 35.3 Å². The second-order valence-electron chi connectivity index (χ2n) is 15.0. The van der Waals surface area contributed by atoms with Crippen LogP contribution in [0.1, 0.15) is 34.3 Å². The molecule has 1 aliphatic carbocycles. The van der Waals surface area contributed by atoms with E-state index in [0.29, 0.717) is 65.6 Å². The lowest BCUT2D eigenvalue weighted by atomic mass is 10.1. The molecule has 4 aliphatic rings. The number of benzene rings is 4. The van der Waals surface area contributed by atoms with Crippen LogP contribution in [0.2, 0.25) is 0 Å². The predicted octanol–water partition coefficient (Wildman–Crippen LogP) is 4.99. The fourth-order valence-corrected chi connectivity index (χ4v) is 11.4. The van der Waals surface area contributed by atoms with E-state index < -0.39 is 29.7 Å². The third-order valence-corrected chi connectivity index (χ3v) is 15.4. The number of carbonyl (C=O) groups excluding carboxylic acids is 1. The van der Waals surface area contributed by atoms with Crippen molar-refractivity contribution in [3.63, 3.8) is 0 Å². The molecule has 0 atom stereocenters. The van der Waals surface area contributed by atoms with E-state index in [1.807, 2.05) is 17.0 Å². The Labute approximate surface area is 339 Å². The van der Waals surface area contributed by atoms with E-state index in [2.05, 4.69) is 9.88 Å². The van der Waals surface area contributed by atoms with Gasteiger partial charge in [0.05, 0.1) is 37.9 Å². The highest BCUT2D eigenvalue weighted by atomic mass is 32.2. The maximum atomic E-state index is 13.1. The van der Waals surface area contributed by atoms with Crippen LogP contribution in [0.15, 0.2) is 112 Å². The zero-order chi connectivity index (χ0) is 40.7. The molecule has 0 spiro atoms. The fraction of sp³-hybridized carbons (Fsp3) is 0.333. The summed E-state index contributed by atoms with van der Waals surface area (Å²) in [5.74, 6) is 1.68. The lowest BCUT2D eigenvalue weighted by molar-refractivity contribution is 0.0632. The highest BCUT2D eigenvalue weighted by molar-refractivity contribution is 7.92. The Morgan fingerprint density at radius 2 is 1.45 bits per heavy atom. The summed E-state index contributed by atoms with van der Waals surface area (Å²) in [6.07, 6.45) is 5.92. The molecule has 2 fully saturated rings. The van der Waals surface area contributed by atoms with Crippen molar-refractivity contribution >= 4 is 52.2 Å². The molecular weight excluding hydrogens is 801 g/mol. The number of sulfonamides is 1. The minimum absolute atomic E-state index is 0.0173. The molecule has 0 N–H and O–H groups in total. The molecule has 58 heavy (non-hydrogen) atoms. The number of anilines is 1. The summed E-state index contributed by atoms with van der Waals surface area (Å²) in [4.78, 5) is 22.0. The van der Waals surface area contributed by atoms with Gasteiger partial charge in [-0.25, -0.2) is 25.3 Å². The van der Waals surface area contributed by atoms with E-state index in [4.69, 9.17) is 9.47 Å². The molecule has 5 aromatic rings. The zero-order valence-electron chi connectivity index (χ0n) is 32.0. The quantitative estimate of drug-likeness (QED) is 0.197. The molecule has 16 heteroatoms. The van der Waals surface area contributed by atoms with Crippen molar-refractivity contribution in [2.24, 2.45) is 5.92 Å². The summed E-state index contributed by atoms with van der Waals surface area (Å²) in [5, 5.41) is 0.798. The number of hydrogen-bond acceptors (Lipinski definition) is 11. The molecule has 0 bridgehead atoms. The number of aromatic nitrogens is 1. The van der Waals surface area contributed by atoms with Crippen LogP contribution in [0, 0.1) is 5.92 Å². The van der Waals surface area contributed by atoms with Crippen molar-refractivity contribution in [2.45, 2.75) is 39.7 Å². The molecule has 3 aliphatic heterocycles. The van der Waals surface area contributed by atoms with E-state index in [9.17, 15) is 30.0 Å². The largest absolute Gasteiger partial charge is 0.486 e. The van der Waals surface area contributed by atoms with Gasteiger partial charge >= 0.3 is 0 Å². The number of sulfone groups is 2. The fourth-order valence-electron chi connectivity index (χ4n) is 7.54. The van der Waals surface area contributed by atoms with Gasteiger partial charge in [-0.05, 0) is 90.9 Å². The topological polar surface area (TPSA) is 161 Å². The van der Waals surface area contributed by atoms with Crippen LogP contribution in [0.5, 0.6) is 11.5 Å². The summed E-state index contributed by atoms with van der Waals surface area (Å²) in [5.41, 5.74) is 2.99. The van der Waals surface area contributed by atoms with Gasteiger partial charge in [-0.15, -0.1) is 0 Å². The maximum absolute atomic E-state index is 13.1. The van der Waals surface area contributed by atoms with Crippen molar-refractivity contribution in [1.29, 1.82) is 0 Å². The van der Waals surface area contributed by atoms with Crippen LogP contribution in [0.3, 0.4) is 0 Å². The second kappa shape index (κ2) is 16.0.